The predicted molar refractivity (Wildman–Crippen MR) is 156 cm³/mol. The van der Waals surface area contributed by atoms with Gasteiger partial charge in [-0.2, -0.15) is 4.98 Å². The van der Waals surface area contributed by atoms with Gasteiger partial charge in [0.05, 0.1) is 11.2 Å². The van der Waals surface area contributed by atoms with Crippen LogP contribution in [0.1, 0.15) is 51.0 Å². The summed E-state index contributed by atoms with van der Waals surface area (Å²) < 4.78 is 23.3. The topological polar surface area (TPSA) is 91.6 Å². The molecule has 0 spiro atoms. The van der Waals surface area contributed by atoms with E-state index in [0.717, 1.165) is 74.0 Å². The van der Waals surface area contributed by atoms with E-state index in [9.17, 15) is 5.11 Å². The van der Waals surface area contributed by atoms with Gasteiger partial charge in [-0.05, 0) is 81.1 Å². The molecule has 4 saturated heterocycles. The number of aromatic nitrogens is 4. The minimum absolute atomic E-state index is 0.0934. The number of fused-ring (bicyclic) bond motifs is 5. The summed E-state index contributed by atoms with van der Waals surface area (Å²) in [5.41, 5.74) is 2.71. The van der Waals surface area contributed by atoms with Crippen molar-refractivity contribution in [2.75, 3.05) is 37.7 Å². The van der Waals surface area contributed by atoms with E-state index in [1.54, 1.807) is 22.9 Å². The molecule has 4 fully saturated rings. The van der Waals surface area contributed by atoms with Crippen LogP contribution in [-0.2, 0) is 6.42 Å². The van der Waals surface area contributed by atoms with Crippen molar-refractivity contribution in [2.24, 2.45) is 0 Å². The highest BCUT2D eigenvalue weighted by Crippen LogP contribution is 2.40. The number of ether oxygens (including phenoxy) is 1. The molecule has 2 aromatic carbocycles. The first kappa shape index (κ1) is 25.2. The maximum absolute atomic E-state index is 15.0. The fraction of sp³-hybridized carbons (Fsp3) is 0.516. The molecule has 0 saturated carbocycles. The molecular weight excluding hydrogens is 521 g/mol. The molecule has 6 heterocycles. The second kappa shape index (κ2) is 9.52. The number of piperazine rings is 1. The van der Waals surface area contributed by atoms with E-state index in [2.05, 4.69) is 25.4 Å². The van der Waals surface area contributed by atoms with Gasteiger partial charge in [0.1, 0.15) is 23.7 Å². The lowest BCUT2D eigenvalue weighted by molar-refractivity contribution is 0.111. The van der Waals surface area contributed by atoms with Crippen molar-refractivity contribution in [1.29, 1.82) is 0 Å². The Morgan fingerprint density at radius 1 is 1.10 bits per heavy atom. The first-order valence-electron chi connectivity index (χ1n) is 15.1. The Balaban J connectivity index is 1.28. The Bertz CT molecular complexity index is 1630. The van der Waals surface area contributed by atoms with Crippen molar-refractivity contribution < 1.29 is 14.2 Å². The molecule has 4 aliphatic heterocycles. The van der Waals surface area contributed by atoms with E-state index in [1.165, 1.54) is 18.9 Å². The number of aromatic hydroxyl groups is 1. The molecule has 4 aromatic rings. The maximum atomic E-state index is 15.0. The lowest BCUT2D eigenvalue weighted by Gasteiger charge is -2.34. The second-order valence-electron chi connectivity index (χ2n) is 12.3. The Hall–Kier alpha value is -3.50. The van der Waals surface area contributed by atoms with Gasteiger partial charge in [0.2, 0.25) is 5.88 Å². The fourth-order valence-electron chi connectivity index (χ4n) is 7.99. The lowest BCUT2D eigenvalue weighted by Crippen LogP contribution is -2.51. The van der Waals surface area contributed by atoms with Crippen LogP contribution in [0.3, 0.4) is 0 Å². The van der Waals surface area contributed by atoms with E-state index in [1.807, 2.05) is 13.0 Å². The number of phenols is 1. The van der Waals surface area contributed by atoms with Crippen LogP contribution in [-0.4, -0.2) is 80.4 Å². The van der Waals surface area contributed by atoms with Gasteiger partial charge in [-0.3, -0.25) is 4.90 Å². The highest BCUT2D eigenvalue weighted by molar-refractivity contribution is 5.97. The number of anilines is 1. The molecule has 214 valence electrons. The standard InChI is InChI=1S/C31H36FN7O2/c1-2-23-24(32)8-5-19-13-22(40)14-25(28(19)23)39-26-15-27(41-18-31-9-3-11-38(31)12-4-10-31)34-30(29(26)35-36-39)37-16-20-6-7-21(17-37)33-20/h5,8,13-15,20-21,33,40H,2-4,6-7,9-12,16-18H2,1H3. The Morgan fingerprint density at radius 2 is 1.88 bits per heavy atom. The summed E-state index contributed by atoms with van der Waals surface area (Å²) in [6.45, 7) is 6.54. The smallest absolute Gasteiger partial charge is 0.217 e. The Kier molecular flexibility index (Phi) is 5.86. The zero-order valence-corrected chi connectivity index (χ0v) is 23.4. The summed E-state index contributed by atoms with van der Waals surface area (Å²) in [7, 11) is 0. The number of phenolic OH excluding ortho intramolecular Hbond substituents is 1. The normalized spacial score (nSPS) is 23.6. The average Bonchev–Trinajstić information content (AvgIpc) is 3.74. The highest BCUT2D eigenvalue weighted by atomic mass is 19.1. The Morgan fingerprint density at radius 3 is 2.63 bits per heavy atom. The van der Waals surface area contributed by atoms with E-state index >= 15 is 4.39 Å². The van der Waals surface area contributed by atoms with Crippen LogP contribution in [0, 0.1) is 5.82 Å². The molecule has 0 radical (unpaired) electrons. The fourth-order valence-corrected chi connectivity index (χ4v) is 7.99. The monoisotopic (exact) mass is 557 g/mol. The largest absolute Gasteiger partial charge is 0.508 e. The van der Waals surface area contributed by atoms with Gasteiger partial charge in [0.25, 0.3) is 0 Å². The minimum Gasteiger partial charge on any atom is -0.508 e. The third-order valence-corrected chi connectivity index (χ3v) is 9.92. The number of nitrogens with zero attached hydrogens (tertiary/aromatic N) is 6. The number of rotatable bonds is 6. The second-order valence-corrected chi connectivity index (χ2v) is 12.3. The summed E-state index contributed by atoms with van der Waals surface area (Å²) in [6, 6.07) is 9.27. The van der Waals surface area contributed by atoms with Crippen LogP contribution in [0.2, 0.25) is 0 Å². The van der Waals surface area contributed by atoms with Gasteiger partial charge >= 0.3 is 0 Å². The predicted octanol–water partition coefficient (Wildman–Crippen LogP) is 4.32. The summed E-state index contributed by atoms with van der Waals surface area (Å²) in [5.74, 6) is 1.16. The number of halogens is 1. The molecule has 2 unspecified atom stereocenters. The van der Waals surface area contributed by atoms with Crippen LogP contribution in [0.25, 0.3) is 27.5 Å². The van der Waals surface area contributed by atoms with Gasteiger partial charge < -0.3 is 20.1 Å². The molecule has 0 amide bonds. The zero-order valence-electron chi connectivity index (χ0n) is 23.4. The van der Waals surface area contributed by atoms with Gasteiger partial charge in [0, 0.05) is 42.7 Å². The Labute approximate surface area is 238 Å². The lowest BCUT2D eigenvalue weighted by atomic mass is 9.95. The molecule has 10 heteroatoms. The molecule has 0 aliphatic carbocycles. The van der Waals surface area contributed by atoms with Crippen LogP contribution in [0.5, 0.6) is 11.6 Å². The summed E-state index contributed by atoms with van der Waals surface area (Å²) in [6.07, 6.45) is 7.56. The number of aryl methyl sites for hydroxylation is 1. The summed E-state index contributed by atoms with van der Waals surface area (Å²) in [5, 5.41) is 25.1. The van der Waals surface area contributed by atoms with Gasteiger partial charge in [-0.25, -0.2) is 9.07 Å². The molecule has 2 bridgehead atoms. The van der Waals surface area contributed by atoms with Crippen molar-refractivity contribution in [2.45, 2.75) is 69.5 Å². The quantitative estimate of drug-likeness (QED) is 0.362. The van der Waals surface area contributed by atoms with Crippen LogP contribution < -0.4 is 15.0 Å². The average molecular weight is 558 g/mol. The van der Waals surface area contributed by atoms with Gasteiger partial charge in [-0.1, -0.05) is 18.2 Å². The van der Waals surface area contributed by atoms with Crippen molar-refractivity contribution in [1.82, 2.24) is 30.2 Å². The number of pyridine rings is 1. The van der Waals surface area contributed by atoms with Crippen LogP contribution in [0.15, 0.2) is 30.3 Å². The molecule has 2 atom stereocenters. The van der Waals surface area contributed by atoms with Crippen molar-refractivity contribution in [3.8, 4) is 17.3 Å². The molecule has 8 rings (SSSR count). The molecule has 41 heavy (non-hydrogen) atoms. The SMILES string of the molecule is CCc1c(F)ccc2cc(O)cc(-n3nnc4c(N5CC6CCC(C5)N6)nc(OCC56CCCN5CCC6)cc43)c12. The molecular formula is C31H36FN7O2. The van der Waals surface area contributed by atoms with Crippen molar-refractivity contribution in [3.05, 3.63) is 41.7 Å². The maximum Gasteiger partial charge on any atom is 0.217 e. The van der Waals surface area contributed by atoms with Gasteiger partial charge in [0.15, 0.2) is 11.3 Å². The molecule has 9 nitrogen and oxygen atoms in total. The van der Waals surface area contributed by atoms with Crippen LogP contribution >= 0.6 is 0 Å². The minimum atomic E-state index is -0.268. The number of hydrogen-bond donors (Lipinski definition) is 2. The zero-order chi connectivity index (χ0) is 27.7. The van der Waals surface area contributed by atoms with Crippen LogP contribution in [0.4, 0.5) is 10.2 Å². The molecule has 2 N–H and O–H groups in total. The number of nitrogens with one attached hydrogen (secondary N) is 1. The third kappa shape index (κ3) is 4.06. The third-order valence-electron chi connectivity index (χ3n) is 9.92. The van der Waals surface area contributed by atoms with E-state index in [4.69, 9.17) is 9.72 Å². The first-order valence-corrected chi connectivity index (χ1v) is 15.1. The molecule has 4 aliphatic rings. The number of hydrogen-bond acceptors (Lipinski definition) is 8. The highest BCUT2D eigenvalue weighted by Gasteiger charge is 2.45. The van der Waals surface area contributed by atoms with Crippen molar-refractivity contribution >= 4 is 27.6 Å². The van der Waals surface area contributed by atoms with E-state index in [0.29, 0.717) is 47.8 Å². The summed E-state index contributed by atoms with van der Waals surface area (Å²) >= 11 is 0. The summed E-state index contributed by atoms with van der Waals surface area (Å²) in [4.78, 5) is 9.97. The van der Waals surface area contributed by atoms with Gasteiger partial charge in [-0.15, -0.1) is 5.10 Å². The molecule has 2 aromatic heterocycles. The van der Waals surface area contributed by atoms with Crippen molar-refractivity contribution in [3.63, 3.8) is 0 Å². The van der Waals surface area contributed by atoms with E-state index in [-0.39, 0.29) is 17.1 Å². The number of benzene rings is 2. The van der Waals surface area contributed by atoms with E-state index < -0.39 is 0 Å². The first-order chi connectivity index (χ1) is 20.0.